The second-order valence-corrected chi connectivity index (χ2v) is 10.7. The second-order valence-electron chi connectivity index (χ2n) is 8.76. The third kappa shape index (κ3) is 5.60. The molecule has 168 valence electrons. The van der Waals surface area contributed by atoms with Gasteiger partial charge in [0, 0.05) is 45.7 Å². The van der Waals surface area contributed by atoms with Gasteiger partial charge in [0.2, 0.25) is 5.91 Å². The van der Waals surface area contributed by atoms with Crippen LogP contribution in [-0.4, -0.2) is 79.3 Å². The van der Waals surface area contributed by atoms with E-state index in [2.05, 4.69) is 38.1 Å². The molecule has 2 aliphatic heterocycles. The predicted octanol–water partition coefficient (Wildman–Crippen LogP) is 2.24. The Morgan fingerprint density at radius 2 is 1.57 bits per heavy atom. The molecule has 2 unspecified atom stereocenters. The van der Waals surface area contributed by atoms with Crippen molar-refractivity contribution in [2.75, 3.05) is 39.3 Å². The number of nitrogens with zero attached hydrogens (tertiary/aromatic N) is 3. The average molecular weight is 438 g/mol. The summed E-state index contributed by atoms with van der Waals surface area (Å²) in [6, 6.07) is 8.44. The molecule has 3 rings (SSSR count). The monoisotopic (exact) mass is 437 g/mol. The van der Waals surface area contributed by atoms with E-state index in [-0.39, 0.29) is 18.1 Å². The van der Waals surface area contributed by atoms with Crippen LogP contribution in [0.5, 0.6) is 0 Å². The minimum Gasteiger partial charge on any atom is -0.373 e. The maximum absolute atomic E-state index is 13.0. The van der Waals surface area contributed by atoms with Gasteiger partial charge in [-0.1, -0.05) is 38.1 Å². The van der Waals surface area contributed by atoms with Crippen LogP contribution in [0.25, 0.3) is 0 Å². The summed E-state index contributed by atoms with van der Waals surface area (Å²) in [5, 5.41) is 0. The van der Waals surface area contributed by atoms with Gasteiger partial charge in [-0.05, 0) is 37.3 Å². The number of ether oxygens (including phenoxy) is 1. The lowest BCUT2D eigenvalue weighted by Gasteiger charge is -2.40. The first kappa shape index (κ1) is 23.2. The Balaban J connectivity index is 1.49. The van der Waals surface area contributed by atoms with Crippen molar-refractivity contribution >= 4 is 16.1 Å². The van der Waals surface area contributed by atoms with Gasteiger partial charge in [-0.3, -0.25) is 4.79 Å². The van der Waals surface area contributed by atoms with Gasteiger partial charge in [-0.25, -0.2) is 0 Å². The number of hydrogen-bond acceptors (Lipinski definition) is 4. The first-order chi connectivity index (χ1) is 14.2. The van der Waals surface area contributed by atoms with Crippen LogP contribution < -0.4 is 0 Å². The summed E-state index contributed by atoms with van der Waals surface area (Å²) >= 11 is 0. The number of carbonyl (C=O) groups is 1. The lowest BCUT2D eigenvalue weighted by molar-refractivity contribution is -0.132. The van der Waals surface area contributed by atoms with Crippen molar-refractivity contribution < 1.29 is 17.9 Å². The van der Waals surface area contributed by atoms with Gasteiger partial charge >= 0.3 is 0 Å². The molecule has 2 saturated heterocycles. The van der Waals surface area contributed by atoms with E-state index >= 15 is 0 Å². The van der Waals surface area contributed by atoms with Crippen LogP contribution in [0, 0.1) is 0 Å². The summed E-state index contributed by atoms with van der Waals surface area (Å²) in [5.74, 6) is 0.589. The molecule has 0 aliphatic carbocycles. The van der Waals surface area contributed by atoms with Gasteiger partial charge in [-0.2, -0.15) is 17.0 Å². The number of morpholine rings is 1. The van der Waals surface area contributed by atoms with Crippen LogP contribution in [0.1, 0.15) is 51.2 Å². The molecule has 1 amide bonds. The van der Waals surface area contributed by atoms with E-state index in [4.69, 9.17) is 4.74 Å². The topological polar surface area (TPSA) is 70.2 Å². The Morgan fingerprint density at radius 1 is 1.00 bits per heavy atom. The molecule has 0 saturated carbocycles. The standard InChI is InChI=1S/C22H35N3O4S/c1-17(2)21-8-5-20(6-9-21)7-10-22(26)23-11-13-24(14-12-23)30(27,28)25-15-18(3)29-19(4)16-25/h5-6,8-9,17-19H,7,10-16H2,1-4H3. The second kappa shape index (κ2) is 9.77. The molecule has 0 N–H and O–H groups in total. The summed E-state index contributed by atoms with van der Waals surface area (Å²) in [5.41, 5.74) is 2.45. The van der Waals surface area contributed by atoms with Gasteiger partial charge in [0.25, 0.3) is 10.2 Å². The molecule has 2 aliphatic rings. The van der Waals surface area contributed by atoms with Gasteiger partial charge in [-0.15, -0.1) is 0 Å². The number of carbonyl (C=O) groups excluding carboxylic acids is 1. The third-order valence-electron chi connectivity index (χ3n) is 5.90. The van der Waals surface area contributed by atoms with E-state index in [1.165, 1.54) is 14.2 Å². The number of aryl methyl sites for hydroxylation is 1. The summed E-state index contributed by atoms with van der Waals surface area (Å²) in [6.45, 7) is 10.4. The molecule has 0 bridgehead atoms. The Hall–Kier alpha value is -1.48. The maximum Gasteiger partial charge on any atom is 0.282 e. The molecule has 7 nitrogen and oxygen atoms in total. The maximum atomic E-state index is 13.0. The van der Waals surface area contributed by atoms with Crippen LogP contribution >= 0.6 is 0 Å². The van der Waals surface area contributed by atoms with E-state index in [1.54, 1.807) is 4.90 Å². The SMILES string of the molecule is CC1CN(S(=O)(=O)N2CCN(C(=O)CCc3ccc(C(C)C)cc3)CC2)CC(C)O1. The highest BCUT2D eigenvalue weighted by Crippen LogP contribution is 2.20. The fourth-order valence-electron chi connectivity index (χ4n) is 4.13. The molecule has 2 fully saturated rings. The minimum absolute atomic E-state index is 0.0913. The van der Waals surface area contributed by atoms with Gasteiger partial charge in [0.1, 0.15) is 0 Å². The normalized spacial score (nSPS) is 24.4. The van der Waals surface area contributed by atoms with E-state index in [9.17, 15) is 13.2 Å². The van der Waals surface area contributed by atoms with E-state index in [1.807, 2.05) is 13.8 Å². The molecule has 2 atom stereocenters. The highest BCUT2D eigenvalue weighted by molar-refractivity contribution is 7.86. The summed E-state index contributed by atoms with van der Waals surface area (Å²) in [7, 11) is -3.52. The number of rotatable bonds is 6. The van der Waals surface area contributed by atoms with Crippen LogP contribution in [-0.2, 0) is 26.2 Å². The van der Waals surface area contributed by atoms with Gasteiger partial charge < -0.3 is 9.64 Å². The Morgan fingerprint density at radius 3 is 2.10 bits per heavy atom. The minimum atomic E-state index is -3.52. The van der Waals surface area contributed by atoms with Crippen LogP contribution in [0.2, 0.25) is 0 Å². The number of hydrogen-bond donors (Lipinski definition) is 0. The van der Waals surface area contributed by atoms with Crippen molar-refractivity contribution in [3.8, 4) is 0 Å². The highest BCUT2D eigenvalue weighted by atomic mass is 32.2. The zero-order valence-electron chi connectivity index (χ0n) is 18.6. The van der Waals surface area contributed by atoms with Gasteiger partial charge in [0.15, 0.2) is 0 Å². The van der Waals surface area contributed by atoms with E-state index in [0.29, 0.717) is 58.0 Å². The average Bonchev–Trinajstić information content (AvgIpc) is 2.71. The largest absolute Gasteiger partial charge is 0.373 e. The van der Waals surface area contributed by atoms with E-state index in [0.717, 1.165) is 5.56 Å². The van der Waals surface area contributed by atoms with Crippen molar-refractivity contribution in [2.45, 2.75) is 58.7 Å². The molecule has 1 aromatic carbocycles. The molecule has 0 radical (unpaired) electrons. The molecule has 30 heavy (non-hydrogen) atoms. The molecule has 8 heteroatoms. The fourth-order valence-corrected chi connectivity index (χ4v) is 5.88. The van der Waals surface area contributed by atoms with Crippen LogP contribution in [0.4, 0.5) is 0 Å². The Labute approximate surface area is 181 Å². The highest BCUT2D eigenvalue weighted by Gasteiger charge is 2.37. The number of amides is 1. The van der Waals surface area contributed by atoms with Crippen molar-refractivity contribution in [1.82, 2.24) is 13.5 Å². The van der Waals surface area contributed by atoms with Crippen molar-refractivity contribution in [1.29, 1.82) is 0 Å². The predicted molar refractivity (Wildman–Crippen MR) is 118 cm³/mol. The lowest BCUT2D eigenvalue weighted by atomic mass is 10.00. The molecule has 0 spiro atoms. The summed E-state index contributed by atoms with van der Waals surface area (Å²) < 4.78 is 34.6. The molecular weight excluding hydrogens is 402 g/mol. The smallest absolute Gasteiger partial charge is 0.282 e. The van der Waals surface area contributed by atoms with Crippen molar-refractivity contribution in [3.63, 3.8) is 0 Å². The number of benzene rings is 1. The first-order valence-electron chi connectivity index (χ1n) is 10.9. The Bertz CT molecular complexity index is 807. The zero-order chi connectivity index (χ0) is 21.9. The molecular formula is C22H35N3O4S. The zero-order valence-corrected chi connectivity index (χ0v) is 19.4. The third-order valence-corrected chi connectivity index (χ3v) is 7.87. The Kier molecular flexibility index (Phi) is 7.55. The molecule has 1 aromatic rings. The van der Waals surface area contributed by atoms with Crippen molar-refractivity contribution in [3.05, 3.63) is 35.4 Å². The van der Waals surface area contributed by atoms with Crippen LogP contribution in [0.15, 0.2) is 24.3 Å². The van der Waals surface area contributed by atoms with Gasteiger partial charge in [0.05, 0.1) is 12.2 Å². The lowest BCUT2D eigenvalue weighted by Crippen LogP contribution is -2.57. The fraction of sp³-hybridized carbons (Fsp3) is 0.682. The van der Waals surface area contributed by atoms with Crippen molar-refractivity contribution in [2.24, 2.45) is 0 Å². The summed E-state index contributed by atoms with van der Waals surface area (Å²) in [6.07, 6.45) is 0.938. The first-order valence-corrected chi connectivity index (χ1v) is 12.3. The quantitative estimate of drug-likeness (QED) is 0.684. The summed E-state index contributed by atoms with van der Waals surface area (Å²) in [4.78, 5) is 14.4. The number of piperazine rings is 1. The van der Waals surface area contributed by atoms with Crippen LogP contribution in [0.3, 0.4) is 0 Å². The molecule has 2 heterocycles. The molecule has 0 aromatic heterocycles. The van der Waals surface area contributed by atoms with E-state index < -0.39 is 10.2 Å².